The van der Waals surface area contributed by atoms with E-state index in [1.807, 2.05) is 0 Å². The van der Waals surface area contributed by atoms with Gasteiger partial charge in [0.05, 0.1) is 41.5 Å². The average Bonchev–Trinajstić information content (AvgIpc) is 3.23. The standard InChI is InChI=1S/C31H45B2NO4Si/c1-12-39(13-2,14-3)26-20-24(33-37-30(8,9)31(10,11)38-33)18-22-17-21-15-16-23(19-25(21)34-27(22)26)32-35-28(4,5)29(6,7)36-32/h15-20H,12-14H2,1-11H3. The van der Waals surface area contributed by atoms with Crippen LogP contribution in [0.25, 0.3) is 21.8 Å². The highest BCUT2D eigenvalue weighted by molar-refractivity contribution is 6.93. The molecule has 0 amide bonds. The number of hydrogen-bond acceptors (Lipinski definition) is 5. The maximum Gasteiger partial charge on any atom is 0.494 e. The maximum absolute atomic E-state index is 6.51. The summed E-state index contributed by atoms with van der Waals surface area (Å²) >= 11 is 0. The summed E-state index contributed by atoms with van der Waals surface area (Å²) in [4.78, 5) is 5.36. The highest BCUT2D eigenvalue weighted by Crippen LogP contribution is 2.38. The average molecular weight is 545 g/mol. The van der Waals surface area contributed by atoms with E-state index in [9.17, 15) is 0 Å². The van der Waals surface area contributed by atoms with E-state index in [4.69, 9.17) is 23.6 Å². The van der Waals surface area contributed by atoms with Crippen molar-refractivity contribution in [2.75, 3.05) is 0 Å². The van der Waals surface area contributed by atoms with Crippen molar-refractivity contribution in [3.63, 3.8) is 0 Å². The molecule has 0 radical (unpaired) electrons. The van der Waals surface area contributed by atoms with Crippen molar-refractivity contribution in [3.8, 4) is 0 Å². The summed E-state index contributed by atoms with van der Waals surface area (Å²) in [6.07, 6.45) is 0. The van der Waals surface area contributed by atoms with E-state index in [0.29, 0.717) is 0 Å². The van der Waals surface area contributed by atoms with Gasteiger partial charge in [0.1, 0.15) is 0 Å². The molecule has 0 unspecified atom stereocenters. The maximum atomic E-state index is 6.51. The van der Waals surface area contributed by atoms with Gasteiger partial charge in [0.25, 0.3) is 0 Å². The molecule has 3 aromatic rings. The number of rotatable bonds is 6. The highest BCUT2D eigenvalue weighted by atomic mass is 28.3. The number of benzene rings is 2. The minimum atomic E-state index is -1.80. The van der Waals surface area contributed by atoms with Gasteiger partial charge in [-0.2, -0.15) is 0 Å². The van der Waals surface area contributed by atoms with Crippen LogP contribution in [0.2, 0.25) is 18.1 Å². The van der Waals surface area contributed by atoms with Crippen LogP contribution < -0.4 is 16.1 Å². The molecule has 0 aliphatic carbocycles. The third-order valence-electron chi connectivity index (χ3n) is 10.4. The van der Waals surface area contributed by atoms with Crippen molar-refractivity contribution >= 4 is 60.2 Å². The molecule has 208 valence electrons. The van der Waals surface area contributed by atoms with E-state index >= 15 is 0 Å². The van der Waals surface area contributed by atoms with Crippen LogP contribution in [-0.4, -0.2) is 49.7 Å². The van der Waals surface area contributed by atoms with Crippen LogP contribution in [0.15, 0.2) is 36.4 Å². The monoisotopic (exact) mass is 545 g/mol. The summed E-state index contributed by atoms with van der Waals surface area (Å²) in [5.74, 6) is 0. The molecule has 5 nitrogen and oxygen atoms in total. The minimum Gasteiger partial charge on any atom is -0.399 e. The van der Waals surface area contributed by atoms with E-state index < -0.39 is 22.3 Å². The van der Waals surface area contributed by atoms with Crippen LogP contribution in [-0.2, 0) is 18.6 Å². The van der Waals surface area contributed by atoms with Gasteiger partial charge in [0.2, 0.25) is 0 Å². The summed E-state index contributed by atoms with van der Waals surface area (Å²) in [5, 5.41) is 3.68. The van der Waals surface area contributed by atoms with Gasteiger partial charge < -0.3 is 18.6 Å². The van der Waals surface area contributed by atoms with Crippen molar-refractivity contribution in [2.24, 2.45) is 0 Å². The smallest absolute Gasteiger partial charge is 0.399 e. The summed E-state index contributed by atoms with van der Waals surface area (Å²) in [5.41, 5.74) is 2.67. The van der Waals surface area contributed by atoms with Gasteiger partial charge in [-0.15, -0.1) is 0 Å². The van der Waals surface area contributed by atoms with Gasteiger partial charge in [-0.25, -0.2) is 4.98 Å². The molecule has 5 rings (SSSR count). The second kappa shape index (κ2) is 9.42. The zero-order valence-corrected chi connectivity index (χ0v) is 26.8. The molecule has 1 aromatic heterocycles. The first kappa shape index (κ1) is 28.8. The fourth-order valence-corrected chi connectivity index (χ4v) is 9.77. The third kappa shape index (κ3) is 4.60. The second-order valence-corrected chi connectivity index (χ2v) is 18.8. The van der Waals surface area contributed by atoms with E-state index in [-0.39, 0.29) is 22.4 Å². The van der Waals surface area contributed by atoms with Crippen molar-refractivity contribution in [1.29, 1.82) is 0 Å². The molecular formula is C31H45B2NO4Si. The zero-order chi connectivity index (χ0) is 28.6. The Labute approximate surface area is 236 Å². The topological polar surface area (TPSA) is 49.8 Å². The summed E-state index contributed by atoms with van der Waals surface area (Å²) in [6.45, 7) is 23.9. The molecule has 2 aromatic carbocycles. The molecule has 0 bridgehead atoms. The number of pyridine rings is 1. The predicted octanol–water partition coefficient (Wildman–Crippen LogP) is 5.70. The number of hydrogen-bond donors (Lipinski definition) is 0. The molecule has 0 N–H and O–H groups in total. The van der Waals surface area contributed by atoms with Crippen LogP contribution >= 0.6 is 0 Å². The Morgan fingerprint density at radius 3 is 1.59 bits per heavy atom. The minimum absolute atomic E-state index is 0.380. The fourth-order valence-electron chi connectivity index (χ4n) is 5.95. The fraction of sp³-hybridized carbons (Fsp3) is 0.581. The summed E-state index contributed by atoms with van der Waals surface area (Å²) in [7, 11) is -2.60. The van der Waals surface area contributed by atoms with Crippen molar-refractivity contribution < 1.29 is 18.6 Å². The summed E-state index contributed by atoms with van der Waals surface area (Å²) in [6, 6.07) is 16.8. The van der Waals surface area contributed by atoms with Gasteiger partial charge in [0.15, 0.2) is 0 Å². The quantitative estimate of drug-likeness (QED) is 0.294. The Bertz CT molecular complexity index is 1380. The predicted molar refractivity (Wildman–Crippen MR) is 168 cm³/mol. The number of aromatic nitrogens is 1. The van der Waals surface area contributed by atoms with Crippen molar-refractivity contribution in [3.05, 3.63) is 36.4 Å². The van der Waals surface area contributed by atoms with Crippen LogP contribution in [0.4, 0.5) is 0 Å². The molecular weight excluding hydrogens is 500 g/mol. The molecule has 2 aliphatic heterocycles. The van der Waals surface area contributed by atoms with E-state index in [0.717, 1.165) is 32.7 Å². The van der Waals surface area contributed by atoms with Gasteiger partial charge in [0, 0.05) is 10.8 Å². The Morgan fingerprint density at radius 2 is 1.10 bits per heavy atom. The second-order valence-electron chi connectivity index (χ2n) is 13.6. The lowest BCUT2D eigenvalue weighted by Gasteiger charge is -2.32. The van der Waals surface area contributed by atoms with Gasteiger partial charge in [-0.05, 0) is 83.6 Å². The molecule has 2 saturated heterocycles. The molecule has 3 heterocycles. The Hall–Kier alpha value is -1.70. The van der Waals surface area contributed by atoms with Gasteiger partial charge in [-0.1, -0.05) is 63.2 Å². The van der Waals surface area contributed by atoms with Crippen LogP contribution in [0.3, 0.4) is 0 Å². The molecule has 0 atom stereocenters. The van der Waals surface area contributed by atoms with Crippen LogP contribution in [0, 0.1) is 0 Å². The first-order valence-electron chi connectivity index (χ1n) is 14.7. The Kier molecular flexibility index (Phi) is 6.96. The summed E-state index contributed by atoms with van der Waals surface area (Å²) < 4.78 is 25.7. The molecule has 8 heteroatoms. The first-order chi connectivity index (χ1) is 18.1. The van der Waals surface area contributed by atoms with E-state index in [2.05, 4.69) is 113 Å². The zero-order valence-electron chi connectivity index (χ0n) is 25.8. The number of fused-ring (bicyclic) bond motifs is 2. The van der Waals surface area contributed by atoms with Crippen LogP contribution in [0.5, 0.6) is 0 Å². The third-order valence-corrected chi connectivity index (χ3v) is 16.0. The lowest BCUT2D eigenvalue weighted by Crippen LogP contribution is -2.49. The van der Waals surface area contributed by atoms with E-state index in [1.165, 1.54) is 23.3 Å². The molecule has 0 spiro atoms. The van der Waals surface area contributed by atoms with Crippen molar-refractivity contribution in [2.45, 2.75) is 117 Å². The Morgan fingerprint density at radius 1 is 0.615 bits per heavy atom. The normalized spacial score (nSPS) is 21.8. The largest absolute Gasteiger partial charge is 0.494 e. The number of nitrogens with zero attached hydrogens (tertiary/aromatic N) is 1. The first-order valence-corrected chi connectivity index (χ1v) is 17.3. The van der Waals surface area contributed by atoms with E-state index in [1.54, 1.807) is 0 Å². The van der Waals surface area contributed by atoms with Crippen LogP contribution in [0.1, 0.15) is 76.2 Å². The van der Waals surface area contributed by atoms with Crippen molar-refractivity contribution in [1.82, 2.24) is 4.98 Å². The molecule has 2 aliphatic rings. The lowest BCUT2D eigenvalue weighted by atomic mass is 9.78. The SMILES string of the molecule is CC[Si](CC)(CC)c1cc(B2OC(C)(C)C(C)(C)O2)cc2cc3ccc(B4OC(C)(C)C(C)(C)O4)cc3nc12. The molecule has 2 fully saturated rings. The highest BCUT2D eigenvalue weighted by Gasteiger charge is 2.53. The molecule has 0 saturated carbocycles. The van der Waals surface area contributed by atoms with Gasteiger partial charge in [-0.3, -0.25) is 0 Å². The molecule has 39 heavy (non-hydrogen) atoms. The Balaban J connectivity index is 1.67. The van der Waals surface area contributed by atoms with Gasteiger partial charge >= 0.3 is 14.2 Å². The lowest BCUT2D eigenvalue weighted by molar-refractivity contribution is 0.00578.